The summed E-state index contributed by atoms with van der Waals surface area (Å²) in [6.45, 7) is 1.50. The fourth-order valence-corrected chi connectivity index (χ4v) is 1.78. The zero-order valence-electron chi connectivity index (χ0n) is 7.97. The van der Waals surface area contributed by atoms with Crippen LogP contribution in [0.25, 0.3) is 11.2 Å². The Morgan fingerprint density at radius 3 is 3.13 bits per heavy atom. The topological polar surface area (TPSA) is 71.5 Å². The lowest BCUT2D eigenvalue weighted by Crippen LogP contribution is -1.84. The number of fused-ring (bicyclic) bond motifs is 1. The van der Waals surface area contributed by atoms with E-state index in [9.17, 15) is 4.79 Å². The van der Waals surface area contributed by atoms with Crippen LogP contribution in [-0.2, 0) is 4.79 Å². The van der Waals surface area contributed by atoms with E-state index in [0.29, 0.717) is 5.65 Å². The molecule has 0 saturated heterocycles. The van der Waals surface area contributed by atoms with Gasteiger partial charge in [0.15, 0.2) is 11.4 Å². The van der Waals surface area contributed by atoms with E-state index in [1.807, 2.05) is 0 Å². The van der Waals surface area contributed by atoms with Gasteiger partial charge in [-0.25, -0.2) is 15.0 Å². The molecule has 0 aliphatic heterocycles. The molecule has 0 spiro atoms. The van der Waals surface area contributed by atoms with Gasteiger partial charge in [-0.1, -0.05) is 11.8 Å². The number of aromatic amines is 1. The van der Waals surface area contributed by atoms with Crippen molar-refractivity contribution in [3.05, 3.63) is 24.1 Å². The van der Waals surface area contributed by atoms with Gasteiger partial charge in [-0.15, -0.1) is 0 Å². The SMILES string of the molecule is CC(=O)/C=C/Sc1ncnc2[nH]cnc12. The lowest BCUT2D eigenvalue weighted by atomic mass is 10.5. The first-order chi connectivity index (χ1) is 7.27. The van der Waals surface area contributed by atoms with Gasteiger partial charge in [-0.2, -0.15) is 0 Å². The van der Waals surface area contributed by atoms with E-state index in [1.165, 1.54) is 31.1 Å². The van der Waals surface area contributed by atoms with Crippen LogP contribution >= 0.6 is 11.8 Å². The molecule has 0 aromatic carbocycles. The van der Waals surface area contributed by atoms with Crippen LogP contribution in [0.1, 0.15) is 6.92 Å². The molecule has 5 nitrogen and oxygen atoms in total. The van der Waals surface area contributed by atoms with E-state index in [0.717, 1.165) is 10.5 Å². The number of nitrogens with zero attached hydrogens (tertiary/aromatic N) is 3. The molecule has 0 radical (unpaired) electrons. The molecule has 0 atom stereocenters. The molecule has 0 aliphatic rings. The summed E-state index contributed by atoms with van der Waals surface area (Å²) in [7, 11) is 0. The molecular formula is C9H8N4OS. The minimum Gasteiger partial charge on any atom is -0.329 e. The van der Waals surface area contributed by atoms with Crippen molar-refractivity contribution in [3.8, 4) is 0 Å². The van der Waals surface area contributed by atoms with E-state index in [1.54, 1.807) is 11.7 Å². The second-order valence-electron chi connectivity index (χ2n) is 2.81. The van der Waals surface area contributed by atoms with Gasteiger partial charge in [-0.3, -0.25) is 4.79 Å². The first kappa shape index (κ1) is 9.85. The van der Waals surface area contributed by atoms with E-state index >= 15 is 0 Å². The highest BCUT2D eigenvalue weighted by Gasteiger charge is 2.04. The summed E-state index contributed by atoms with van der Waals surface area (Å²) < 4.78 is 0. The number of rotatable bonds is 3. The van der Waals surface area contributed by atoms with E-state index in [2.05, 4.69) is 19.9 Å². The third-order valence-corrected chi connectivity index (χ3v) is 2.46. The Labute approximate surface area is 90.0 Å². The number of carbonyl (C=O) groups is 1. The molecule has 0 saturated carbocycles. The Morgan fingerprint density at radius 1 is 1.47 bits per heavy atom. The number of hydrogen-bond donors (Lipinski definition) is 1. The van der Waals surface area contributed by atoms with Gasteiger partial charge >= 0.3 is 0 Å². The minimum absolute atomic E-state index is 0.00910. The molecule has 2 aromatic heterocycles. The smallest absolute Gasteiger partial charge is 0.161 e. The average Bonchev–Trinajstić information content (AvgIpc) is 2.65. The van der Waals surface area contributed by atoms with Gasteiger partial charge in [0.1, 0.15) is 16.9 Å². The summed E-state index contributed by atoms with van der Waals surface area (Å²) in [5, 5.41) is 2.43. The monoisotopic (exact) mass is 220 g/mol. The van der Waals surface area contributed by atoms with Crippen molar-refractivity contribution in [2.45, 2.75) is 11.9 Å². The Kier molecular flexibility index (Phi) is 2.77. The number of thioether (sulfide) groups is 1. The highest BCUT2D eigenvalue weighted by Crippen LogP contribution is 2.22. The van der Waals surface area contributed by atoms with Crippen molar-refractivity contribution >= 4 is 28.7 Å². The molecule has 15 heavy (non-hydrogen) atoms. The third kappa shape index (κ3) is 2.21. The van der Waals surface area contributed by atoms with Crippen LogP contribution in [0.4, 0.5) is 0 Å². The summed E-state index contributed by atoms with van der Waals surface area (Å²) in [6.07, 6.45) is 4.52. The quantitative estimate of drug-likeness (QED) is 0.482. The van der Waals surface area contributed by atoms with E-state index in [-0.39, 0.29) is 5.78 Å². The highest BCUT2D eigenvalue weighted by molar-refractivity contribution is 8.02. The van der Waals surface area contributed by atoms with Gasteiger partial charge in [0.25, 0.3) is 0 Å². The first-order valence-corrected chi connectivity index (χ1v) is 5.13. The molecule has 6 heteroatoms. The molecule has 1 N–H and O–H groups in total. The normalized spacial score (nSPS) is 11.3. The van der Waals surface area contributed by atoms with Crippen molar-refractivity contribution in [1.29, 1.82) is 0 Å². The second kappa shape index (κ2) is 4.22. The van der Waals surface area contributed by atoms with Gasteiger partial charge in [0.2, 0.25) is 0 Å². The number of nitrogens with one attached hydrogen (secondary N) is 1. The van der Waals surface area contributed by atoms with Crippen LogP contribution in [-0.4, -0.2) is 25.7 Å². The fraction of sp³-hybridized carbons (Fsp3) is 0.111. The minimum atomic E-state index is 0.00910. The number of allylic oxidation sites excluding steroid dienone is 1. The van der Waals surface area contributed by atoms with Gasteiger partial charge in [-0.05, 0) is 18.4 Å². The summed E-state index contributed by atoms with van der Waals surface area (Å²) >= 11 is 1.35. The molecule has 2 rings (SSSR count). The van der Waals surface area contributed by atoms with Crippen molar-refractivity contribution < 1.29 is 4.79 Å². The molecule has 2 aromatic rings. The van der Waals surface area contributed by atoms with Crippen molar-refractivity contribution in [3.63, 3.8) is 0 Å². The van der Waals surface area contributed by atoms with Gasteiger partial charge in [0.05, 0.1) is 6.33 Å². The van der Waals surface area contributed by atoms with Crippen LogP contribution in [0.15, 0.2) is 29.2 Å². The number of aromatic nitrogens is 4. The molecule has 76 valence electrons. The van der Waals surface area contributed by atoms with Crippen LogP contribution < -0.4 is 0 Å². The van der Waals surface area contributed by atoms with E-state index in [4.69, 9.17) is 0 Å². The Hall–Kier alpha value is -1.69. The third-order valence-electron chi connectivity index (χ3n) is 1.67. The van der Waals surface area contributed by atoms with Crippen LogP contribution in [0.5, 0.6) is 0 Å². The summed E-state index contributed by atoms with van der Waals surface area (Å²) in [5.41, 5.74) is 1.42. The number of carbonyl (C=O) groups excluding carboxylic acids is 1. The predicted octanol–water partition coefficient (Wildman–Crippen LogP) is 1.55. The fourth-order valence-electron chi connectivity index (χ4n) is 1.02. The van der Waals surface area contributed by atoms with Gasteiger partial charge in [0, 0.05) is 0 Å². The molecule has 2 heterocycles. The molecule has 0 unspecified atom stereocenters. The van der Waals surface area contributed by atoms with Crippen LogP contribution in [0.3, 0.4) is 0 Å². The van der Waals surface area contributed by atoms with Crippen LogP contribution in [0, 0.1) is 0 Å². The van der Waals surface area contributed by atoms with Gasteiger partial charge < -0.3 is 4.98 Å². The van der Waals surface area contributed by atoms with Crippen molar-refractivity contribution in [2.24, 2.45) is 0 Å². The maximum Gasteiger partial charge on any atom is 0.161 e. The van der Waals surface area contributed by atoms with Crippen molar-refractivity contribution in [2.75, 3.05) is 0 Å². The zero-order valence-corrected chi connectivity index (χ0v) is 8.78. The maximum absolute atomic E-state index is 10.7. The lowest BCUT2D eigenvalue weighted by Gasteiger charge is -1.94. The lowest BCUT2D eigenvalue weighted by molar-refractivity contribution is -0.112. The molecule has 0 amide bonds. The Morgan fingerprint density at radius 2 is 2.33 bits per heavy atom. The molecule has 0 fully saturated rings. The zero-order chi connectivity index (χ0) is 10.7. The molecule has 0 bridgehead atoms. The van der Waals surface area contributed by atoms with E-state index < -0.39 is 0 Å². The highest BCUT2D eigenvalue weighted by atomic mass is 32.2. The van der Waals surface area contributed by atoms with Crippen LogP contribution in [0.2, 0.25) is 0 Å². The number of imidazole rings is 1. The summed E-state index contributed by atoms with van der Waals surface area (Å²) in [4.78, 5) is 25.8. The maximum atomic E-state index is 10.7. The Bertz CT molecular complexity index is 520. The molecular weight excluding hydrogens is 212 g/mol. The standard InChI is InChI=1S/C9H8N4OS/c1-6(14)2-3-15-9-7-8(11-4-10-7)12-5-13-9/h2-5H,1H3,(H,10,11,12,13)/b3-2+. The summed E-state index contributed by atoms with van der Waals surface area (Å²) in [5.74, 6) is 0.00910. The Balaban J connectivity index is 2.27. The second-order valence-corrected chi connectivity index (χ2v) is 3.70. The largest absolute Gasteiger partial charge is 0.329 e. The predicted molar refractivity (Wildman–Crippen MR) is 57.4 cm³/mol. The first-order valence-electron chi connectivity index (χ1n) is 4.25. The molecule has 0 aliphatic carbocycles. The number of ketones is 1. The number of hydrogen-bond acceptors (Lipinski definition) is 5. The average molecular weight is 220 g/mol. The van der Waals surface area contributed by atoms with Crippen molar-refractivity contribution in [1.82, 2.24) is 19.9 Å². The summed E-state index contributed by atoms with van der Waals surface area (Å²) in [6, 6.07) is 0. The number of H-pyrrole nitrogens is 1.